The molecule has 1 aromatic rings. The predicted octanol–water partition coefficient (Wildman–Crippen LogP) is 1.03. The molecule has 0 unspecified atom stereocenters. The van der Waals surface area contributed by atoms with E-state index in [1.54, 1.807) is 24.3 Å². The second-order valence-electron chi connectivity index (χ2n) is 2.90. The lowest BCUT2D eigenvalue weighted by molar-refractivity contribution is -0.137. The Bertz CT molecular complexity index is 382. The Labute approximate surface area is 81.6 Å². The van der Waals surface area contributed by atoms with Gasteiger partial charge in [0, 0.05) is 6.04 Å². The molecule has 1 rings (SSSR count). The molecule has 0 spiro atoms. The third kappa shape index (κ3) is 2.31. The fourth-order valence-electron chi connectivity index (χ4n) is 1.22. The second-order valence-corrected chi connectivity index (χ2v) is 2.90. The van der Waals surface area contributed by atoms with Gasteiger partial charge in [0.05, 0.1) is 18.1 Å². The first-order valence-electron chi connectivity index (χ1n) is 4.11. The van der Waals surface area contributed by atoms with Gasteiger partial charge >= 0.3 is 5.97 Å². The highest BCUT2D eigenvalue weighted by Crippen LogP contribution is 2.17. The van der Waals surface area contributed by atoms with E-state index in [4.69, 9.17) is 16.1 Å². The normalized spacial score (nSPS) is 11.7. The number of hydrogen-bond acceptors (Lipinski definition) is 3. The Morgan fingerprint density at radius 3 is 2.79 bits per heavy atom. The first-order chi connectivity index (χ1) is 6.65. The molecule has 0 aliphatic rings. The molecule has 0 aliphatic heterocycles. The molecule has 0 amide bonds. The highest BCUT2D eigenvalue weighted by Gasteiger charge is 2.13. The Kier molecular flexibility index (Phi) is 3.21. The topological polar surface area (TPSA) is 87.1 Å². The van der Waals surface area contributed by atoms with E-state index < -0.39 is 12.0 Å². The summed E-state index contributed by atoms with van der Waals surface area (Å²) in [5.41, 5.74) is 6.65. The van der Waals surface area contributed by atoms with Gasteiger partial charge in [-0.2, -0.15) is 5.26 Å². The van der Waals surface area contributed by atoms with Gasteiger partial charge in [0.1, 0.15) is 0 Å². The number of nitrogens with two attached hydrogens (primary N) is 1. The number of nitrogens with zero attached hydrogens (tertiary/aromatic N) is 1. The Morgan fingerprint density at radius 1 is 1.57 bits per heavy atom. The van der Waals surface area contributed by atoms with Gasteiger partial charge < -0.3 is 10.8 Å². The monoisotopic (exact) mass is 190 g/mol. The number of carboxylic acids is 1. The van der Waals surface area contributed by atoms with Crippen molar-refractivity contribution in [2.75, 3.05) is 0 Å². The summed E-state index contributed by atoms with van der Waals surface area (Å²) in [7, 11) is 0. The molecule has 3 N–H and O–H groups in total. The van der Waals surface area contributed by atoms with E-state index in [9.17, 15) is 4.79 Å². The first kappa shape index (κ1) is 10.2. The maximum Gasteiger partial charge on any atom is 0.305 e. The third-order valence-corrected chi connectivity index (χ3v) is 1.88. The van der Waals surface area contributed by atoms with Crippen LogP contribution in [0, 0.1) is 11.3 Å². The molecule has 1 aromatic carbocycles. The number of benzene rings is 1. The molecule has 0 aliphatic carbocycles. The van der Waals surface area contributed by atoms with Gasteiger partial charge in [-0.3, -0.25) is 4.79 Å². The van der Waals surface area contributed by atoms with Crippen LogP contribution in [-0.4, -0.2) is 11.1 Å². The summed E-state index contributed by atoms with van der Waals surface area (Å²) in [6.07, 6.45) is -0.168. The average molecular weight is 190 g/mol. The molecule has 0 heterocycles. The highest BCUT2D eigenvalue weighted by atomic mass is 16.4. The number of rotatable bonds is 3. The van der Waals surface area contributed by atoms with Crippen LogP contribution >= 0.6 is 0 Å². The predicted molar refractivity (Wildman–Crippen MR) is 50.3 cm³/mol. The summed E-state index contributed by atoms with van der Waals surface area (Å²) in [6, 6.07) is 8.10. The summed E-state index contributed by atoms with van der Waals surface area (Å²) in [5, 5.41) is 17.3. The van der Waals surface area contributed by atoms with E-state index in [1.165, 1.54) is 0 Å². The summed E-state index contributed by atoms with van der Waals surface area (Å²) in [6.45, 7) is 0. The molecular formula is C10H10N2O2. The number of carboxylic acid groups (broad SMARTS) is 1. The van der Waals surface area contributed by atoms with Crippen LogP contribution in [0.25, 0.3) is 0 Å². The van der Waals surface area contributed by atoms with E-state index in [0.717, 1.165) is 0 Å². The summed E-state index contributed by atoms with van der Waals surface area (Å²) in [4.78, 5) is 10.4. The van der Waals surface area contributed by atoms with Crippen LogP contribution < -0.4 is 5.73 Å². The zero-order valence-corrected chi connectivity index (χ0v) is 7.47. The average Bonchev–Trinajstić information content (AvgIpc) is 2.16. The van der Waals surface area contributed by atoms with Crippen LogP contribution in [0.3, 0.4) is 0 Å². The van der Waals surface area contributed by atoms with Crippen molar-refractivity contribution >= 4 is 5.97 Å². The molecule has 0 fully saturated rings. The van der Waals surface area contributed by atoms with Crippen molar-refractivity contribution in [3.63, 3.8) is 0 Å². The summed E-state index contributed by atoms with van der Waals surface area (Å²) in [5.74, 6) is -0.967. The standard InChI is InChI=1S/C10H10N2O2/c11-6-7-3-1-2-4-8(7)9(12)5-10(13)14/h1-4,9H,5,12H2,(H,13,14)/t9-/m1/s1. The summed E-state index contributed by atoms with van der Waals surface area (Å²) < 4.78 is 0. The first-order valence-corrected chi connectivity index (χ1v) is 4.11. The maximum absolute atomic E-state index is 10.4. The number of nitriles is 1. The van der Waals surface area contributed by atoms with Crippen LogP contribution in [0.4, 0.5) is 0 Å². The zero-order chi connectivity index (χ0) is 10.6. The molecule has 4 nitrogen and oxygen atoms in total. The second kappa shape index (κ2) is 4.40. The molecule has 72 valence electrons. The van der Waals surface area contributed by atoms with Crippen molar-refractivity contribution in [1.29, 1.82) is 5.26 Å². The molecule has 0 radical (unpaired) electrons. The van der Waals surface area contributed by atoms with Crippen molar-refractivity contribution in [2.45, 2.75) is 12.5 Å². The number of carbonyl (C=O) groups is 1. The van der Waals surface area contributed by atoms with Crippen molar-refractivity contribution in [3.05, 3.63) is 35.4 Å². The van der Waals surface area contributed by atoms with E-state index in [0.29, 0.717) is 11.1 Å². The number of hydrogen-bond donors (Lipinski definition) is 2. The van der Waals surface area contributed by atoms with E-state index >= 15 is 0 Å². The SMILES string of the molecule is N#Cc1ccccc1[C@H](N)CC(=O)O. The molecule has 14 heavy (non-hydrogen) atoms. The molecule has 0 bridgehead atoms. The summed E-state index contributed by atoms with van der Waals surface area (Å²) >= 11 is 0. The van der Waals surface area contributed by atoms with Gasteiger partial charge in [-0.25, -0.2) is 0 Å². The molecule has 4 heteroatoms. The van der Waals surface area contributed by atoms with Crippen molar-refractivity contribution in [2.24, 2.45) is 5.73 Å². The fraction of sp³-hybridized carbons (Fsp3) is 0.200. The largest absolute Gasteiger partial charge is 0.481 e. The Balaban J connectivity index is 2.95. The third-order valence-electron chi connectivity index (χ3n) is 1.88. The lowest BCUT2D eigenvalue weighted by atomic mass is 9.99. The number of aliphatic carboxylic acids is 1. The smallest absolute Gasteiger partial charge is 0.305 e. The van der Waals surface area contributed by atoms with E-state index in [-0.39, 0.29) is 6.42 Å². The van der Waals surface area contributed by atoms with Crippen molar-refractivity contribution in [3.8, 4) is 6.07 Å². The van der Waals surface area contributed by atoms with Gasteiger partial charge in [-0.05, 0) is 11.6 Å². The zero-order valence-electron chi connectivity index (χ0n) is 7.47. The van der Waals surface area contributed by atoms with Crippen LogP contribution in [0.15, 0.2) is 24.3 Å². The minimum absolute atomic E-state index is 0.168. The minimum atomic E-state index is -0.967. The lowest BCUT2D eigenvalue weighted by Crippen LogP contribution is -2.16. The molecule has 1 atom stereocenters. The maximum atomic E-state index is 10.4. The molecular weight excluding hydrogens is 180 g/mol. The van der Waals surface area contributed by atoms with Crippen molar-refractivity contribution < 1.29 is 9.90 Å². The van der Waals surface area contributed by atoms with Gasteiger partial charge in [0.25, 0.3) is 0 Å². The fourth-order valence-corrected chi connectivity index (χ4v) is 1.22. The van der Waals surface area contributed by atoms with Crippen molar-refractivity contribution in [1.82, 2.24) is 0 Å². The van der Waals surface area contributed by atoms with Gasteiger partial charge in [-0.1, -0.05) is 18.2 Å². The lowest BCUT2D eigenvalue weighted by Gasteiger charge is -2.10. The van der Waals surface area contributed by atoms with Crippen LogP contribution in [0.1, 0.15) is 23.6 Å². The van der Waals surface area contributed by atoms with E-state index in [1.807, 2.05) is 6.07 Å². The minimum Gasteiger partial charge on any atom is -0.481 e. The van der Waals surface area contributed by atoms with Crippen LogP contribution in [0.5, 0.6) is 0 Å². The Morgan fingerprint density at radius 2 is 2.21 bits per heavy atom. The quantitative estimate of drug-likeness (QED) is 0.745. The van der Waals surface area contributed by atoms with Gasteiger partial charge in [-0.15, -0.1) is 0 Å². The molecule has 0 saturated heterocycles. The van der Waals surface area contributed by atoms with Gasteiger partial charge in [0.15, 0.2) is 0 Å². The van der Waals surface area contributed by atoms with Crippen LogP contribution in [-0.2, 0) is 4.79 Å². The van der Waals surface area contributed by atoms with E-state index in [2.05, 4.69) is 0 Å². The molecule has 0 saturated carbocycles. The van der Waals surface area contributed by atoms with Gasteiger partial charge in [0.2, 0.25) is 0 Å². The van der Waals surface area contributed by atoms with Crippen LogP contribution in [0.2, 0.25) is 0 Å². The molecule has 0 aromatic heterocycles. The highest BCUT2D eigenvalue weighted by molar-refractivity contribution is 5.68. The Hall–Kier alpha value is -1.86.